The predicted molar refractivity (Wildman–Crippen MR) is 235 cm³/mol. The van der Waals surface area contributed by atoms with E-state index in [4.69, 9.17) is 0 Å². The molecule has 8 rings (SSSR count). The first-order valence-electron chi connectivity index (χ1n) is 19.7. The molecule has 54 heavy (non-hydrogen) atoms. The highest BCUT2D eigenvalue weighted by Crippen LogP contribution is 2.40. The maximum Gasteiger partial charge on any atom is 0.0544 e. The van der Waals surface area contributed by atoms with Gasteiger partial charge in [0.15, 0.2) is 0 Å². The van der Waals surface area contributed by atoms with Crippen LogP contribution in [-0.2, 0) is 21.7 Å². The Morgan fingerprint density at radius 3 is 0.926 bits per heavy atom. The zero-order valence-electron chi connectivity index (χ0n) is 34.4. The topological polar surface area (TPSA) is 9.86 Å². The summed E-state index contributed by atoms with van der Waals surface area (Å²) in [5, 5.41) is 5.25. The number of hydrogen-bond acceptors (Lipinski definition) is 0. The lowest BCUT2D eigenvalue weighted by Crippen LogP contribution is -2.10. The van der Waals surface area contributed by atoms with Crippen molar-refractivity contribution in [1.29, 1.82) is 0 Å². The molecule has 2 nitrogen and oxygen atoms in total. The van der Waals surface area contributed by atoms with Crippen molar-refractivity contribution in [2.45, 2.75) is 105 Å². The van der Waals surface area contributed by atoms with Crippen molar-refractivity contribution in [3.63, 3.8) is 0 Å². The fourth-order valence-corrected chi connectivity index (χ4v) is 8.07. The highest BCUT2D eigenvalue weighted by molar-refractivity contribution is 6.11. The summed E-state index contributed by atoms with van der Waals surface area (Å²) in [6.07, 6.45) is 0. The molecule has 0 amide bonds. The number of benzene rings is 6. The zero-order valence-corrected chi connectivity index (χ0v) is 34.4. The monoisotopic (exact) mass is 708 g/mol. The van der Waals surface area contributed by atoms with Gasteiger partial charge < -0.3 is 9.13 Å². The third kappa shape index (κ3) is 6.14. The normalized spacial score (nSPS) is 13.2. The summed E-state index contributed by atoms with van der Waals surface area (Å²) < 4.78 is 4.90. The minimum Gasteiger partial charge on any atom is -0.309 e. The van der Waals surface area contributed by atoms with E-state index in [0.717, 1.165) is 0 Å². The van der Waals surface area contributed by atoms with Crippen molar-refractivity contribution in [2.75, 3.05) is 0 Å². The Hall–Kier alpha value is -5.08. The van der Waals surface area contributed by atoms with Gasteiger partial charge in [0.05, 0.1) is 22.1 Å². The summed E-state index contributed by atoms with van der Waals surface area (Å²) in [5.74, 6) is 0. The summed E-state index contributed by atoms with van der Waals surface area (Å²) in [6.45, 7) is 27.6. The van der Waals surface area contributed by atoms with E-state index < -0.39 is 0 Å². The zero-order chi connectivity index (χ0) is 38.5. The SMILES string of the molecule is CC(C)(C)c1ccc2c(c1)c1cc(C(C)(C)C)ccc1n2-c1ccc(-c2ccc(-n3c4ccc(C(C)(C)C)cc4c4ccc(C(C)(C)C)cc43)cc2)cc1. The molecule has 2 aromatic heterocycles. The second-order valence-corrected chi connectivity index (χ2v) is 19.7. The molecule has 0 N–H and O–H groups in total. The molecule has 6 aromatic carbocycles. The van der Waals surface area contributed by atoms with E-state index in [-0.39, 0.29) is 21.7 Å². The van der Waals surface area contributed by atoms with Crippen LogP contribution in [-0.4, -0.2) is 9.13 Å². The van der Waals surface area contributed by atoms with E-state index in [1.165, 1.54) is 88.4 Å². The van der Waals surface area contributed by atoms with Crippen LogP contribution in [0.3, 0.4) is 0 Å². The van der Waals surface area contributed by atoms with Crippen LogP contribution in [0.5, 0.6) is 0 Å². The van der Waals surface area contributed by atoms with Crippen LogP contribution in [0.4, 0.5) is 0 Å². The van der Waals surface area contributed by atoms with E-state index in [0.29, 0.717) is 0 Å². The Morgan fingerprint density at radius 2 is 0.574 bits per heavy atom. The fraction of sp³-hybridized carbons (Fsp3) is 0.308. The summed E-state index contributed by atoms with van der Waals surface area (Å²) in [7, 11) is 0. The molecule has 0 atom stereocenters. The number of nitrogens with zero attached hydrogens (tertiary/aromatic N) is 2. The standard InChI is InChI=1S/C52H56N2/c1-49(2,3)35-18-26-45-42(29-35)41-25-17-38(52(10,11)12)32-48(41)54(45)40-23-15-34(16-24-40)33-13-21-39(22-14-33)53-46-27-19-36(50(4,5)6)30-43(46)44-31-37(51(7,8)9)20-28-47(44)53/h13-32H,1-12H3. The van der Waals surface area contributed by atoms with Gasteiger partial charge in [-0.1, -0.05) is 138 Å². The van der Waals surface area contributed by atoms with Crippen molar-refractivity contribution in [3.8, 4) is 22.5 Å². The Morgan fingerprint density at radius 1 is 0.278 bits per heavy atom. The van der Waals surface area contributed by atoms with Crippen LogP contribution >= 0.6 is 0 Å². The number of rotatable bonds is 3. The number of aromatic nitrogens is 2. The van der Waals surface area contributed by atoms with Crippen LogP contribution < -0.4 is 0 Å². The molecular weight excluding hydrogens is 653 g/mol. The van der Waals surface area contributed by atoms with Gasteiger partial charge in [-0.3, -0.25) is 0 Å². The number of fused-ring (bicyclic) bond motifs is 6. The Kier molecular flexibility index (Phi) is 8.13. The molecule has 0 unspecified atom stereocenters. The molecule has 274 valence electrons. The second kappa shape index (κ2) is 12.2. The molecule has 8 aromatic rings. The molecule has 2 heterocycles. The van der Waals surface area contributed by atoms with Crippen molar-refractivity contribution in [3.05, 3.63) is 144 Å². The number of hydrogen-bond donors (Lipinski definition) is 0. The largest absolute Gasteiger partial charge is 0.309 e. The van der Waals surface area contributed by atoms with Crippen LogP contribution in [0.2, 0.25) is 0 Å². The van der Waals surface area contributed by atoms with Gasteiger partial charge in [0.25, 0.3) is 0 Å². The first-order chi connectivity index (χ1) is 25.3. The van der Waals surface area contributed by atoms with Crippen molar-refractivity contribution < 1.29 is 0 Å². The molecule has 0 spiro atoms. The van der Waals surface area contributed by atoms with E-state index in [1.807, 2.05) is 0 Å². The second-order valence-electron chi connectivity index (χ2n) is 19.7. The van der Waals surface area contributed by atoms with E-state index in [2.05, 4.69) is 214 Å². The van der Waals surface area contributed by atoms with Gasteiger partial charge in [-0.15, -0.1) is 0 Å². The molecule has 0 aliphatic heterocycles. The molecule has 0 saturated carbocycles. The lowest BCUT2D eigenvalue weighted by molar-refractivity contribution is 0.590. The quantitative estimate of drug-likeness (QED) is 0.173. The third-order valence-electron chi connectivity index (χ3n) is 11.6. The maximum absolute atomic E-state index is 2.46. The Labute approximate surface area is 322 Å². The highest BCUT2D eigenvalue weighted by atomic mass is 15.0. The Balaban J connectivity index is 1.20. The first-order valence-corrected chi connectivity index (χ1v) is 19.7. The van der Waals surface area contributed by atoms with Crippen LogP contribution in [0.25, 0.3) is 66.1 Å². The molecular formula is C52H56N2. The lowest BCUT2D eigenvalue weighted by atomic mass is 9.85. The van der Waals surface area contributed by atoms with Gasteiger partial charge in [-0.2, -0.15) is 0 Å². The maximum atomic E-state index is 2.46. The average Bonchev–Trinajstić information content (AvgIpc) is 3.62. The minimum atomic E-state index is 0.0615. The van der Waals surface area contributed by atoms with E-state index in [9.17, 15) is 0 Å². The predicted octanol–water partition coefficient (Wildman–Crippen LogP) is 14.7. The fourth-order valence-electron chi connectivity index (χ4n) is 8.07. The van der Waals surface area contributed by atoms with Gasteiger partial charge in [0, 0.05) is 32.9 Å². The first kappa shape index (κ1) is 35.9. The van der Waals surface area contributed by atoms with Crippen molar-refractivity contribution in [1.82, 2.24) is 9.13 Å². The molecule has 0 bridgehead atoms. The minimum absolute atomic E-state index is 0.0615. The Bertz CT molecular complexity index is 2630. The molecule has 0 fully saturated rings. The molecule has 0 saturated heterocycles. The van der Waals surface area contributed by atoms with Gasteiger partial charge in [0.2, 0.25) is 0 Å². The molecule has 2 heteroatoms. The van der Waals surface area contributed by atoms with E-state index >= 15 is 0 Å². The third-order valence-corrected chi connectivity index (χ3v) is 11.6. The smallest absolute Gasteiger partial charge is 0.0544 e. The van der Waals surface area contributed by atoms with E-state index in [1.54, 1.807) is 0 Å². The molecule has 0 aliphatic carbocycles. The van der Waals surface area contributed by atoms with Crippen LogP contribution in [0, 0.1) is 0 Å². The summed E-state index contributed by atoms with van der Waals surface area (Å²) in [6, 6.07) is 46.4. The van der Waals surface area contributed by atoms with Gasteiger partial charge in [-0.05, 0) is 122 Å². The van der Waals surface area contributed by atoms with Crippen molar-refractivity contribution >= 4 is 43.6 Å². The van der Waals surface area contributed by atoms with Crippen molar-refractivity contribution in [2.24, 2.45) is 0 Å². The molecule has 0 radical (unpaired) electrons. The van der Waals surface area contributed by atoms with Gasteiger partial charge in [-0.25, -0.2) is 0 Å². The summed E-state index contributed by atoms with van der Waals surface area (Å²) in [5.41, 5.74) is 15.5. The van der Waals surface area contributed by atoms with Crippen LogP contribution in [0.15, 0.2) is 121 Å². The summed E-state index contributed by atoms with van der Waals surface area (Å²) >= 11 is 0. The lowest BCUT2D eigenvalue weighted by Gasteiger charge is -2.19. The van der Waals surface area contributed by atoms with Gasteiger partial charge in [0.1, 0.15) is 0 Å². The highest BCUT2D eigenvalue weighted by Gasteiger charge is 2.23. The summed E-state index contributed by atoms with van der Waals surface area (Å²) in [4.78, 5) is 0. The average molecular weight is 709 g/mol. The van der Waals surface area contributed by atoms with Gasteiger partial charge >= 0.3 is 0 Å². The molecule has 0 aliphatic rings. The van der Waals surface area contributed by atoms with Crippen LogP contribution in [0.1, 0.15) is 105 Å².